The van der Waals surface area contributed by atoms with Gasteiger partial charge in [0.05, 0.1) is 26.8 Å². The largest absolute Gasteiger partial charge is 0.497 e. The highest BCUT2D eigenvalue weighted by molar-refractivity contribution is 5.97. The molecule has 3 rings (SSSR count). The molecule has 0 fully saturated rings. The molecule has 1 atom stereocenters. The molecule has 2 aromatic carbocycles. The first-order valence-corrected chi connectivity index (χ1v) is 9.48. The molecule has 0 unspecified atom stereocenters. The smallest absolute Gasteiger partial charge is 0.263 e. The third kappa shape index (κ3) is 6.17. The number of hydrogen-bond acceptors (Lipinski definition) is 6. The van der Waals surface area contributed by atoms with Gasteiger partial charge in [-0.1, -0.05) is 0 Å². The number of H-pyrrole nitrogens is 1. The van der Waals surface area contributed by atoms with Crippen molar-refractivity contribution in [3.05, 3.63) is 77.9 Å². The summed E-state index contributed by atoms with van der Waals surface area (Å²) in [6, 6.07) is 12.9. The van der Waals surface area contributed by atoms with Crippen LogP contribution in [0, 0.1) is 0 Å². The average Bonchev–Trinajstić information content (AvgIpc) is 3.32. The minimum Gasteiger partial charge on any atom is -0.497 e. The van der Waals surface area contributed by atoms with Crippen LogP contribution in [0.1, 0.15) is 21.6 Å². The summed E-state index contributed by atoms with van der Waals surface area (Å²) >= 11 is 0. The van der Waals surface area contributed by atoms with Crippen molar-refractivity contribution >= 4 is 18.0 Å². The van der Waals surface area contributed by atoms with Crippen molar-refractivity contribution in [2.75, 3.05) is 14.2 Å². The summed E-state index contributed by atoms with van der Waals surface area (Å²) in [7, 11) is 3.13. The zero-order valence-corrected chi connectivity index (χ0v) is 17.2. The Morgan fingerprint density at radius 1 is 1.06 bits per heavy atom. The van der Waals surface area contributed by atoms with Gasteiger partial charge in [-0.25, -0.2) is 10.4 Å². The van der Waals surface area contributed by atoms with E-state index >= 15 is 0 Å². The van der Waals surface area contributed by atoms with E-state index in [1.807, 2.05) is 12.1 Å². The SMILES string of the molecule is COc1ccc(/C=N/NC(=O)[C@H](Cc2cnc[nH]2)NC(=O)c2ccc(OC)cc2)cc1. The molecule has 160 valence electrons. The topological polar surface area (TPSA) is 118 Å². The molecule has 1 heterocycles. The lowest BCUT2D eigenvalue weighted by atomic mass is 10.1. The molecule has 0 radical (unpaired) electrons. The lowest BCUT2D eigenvalue weighted by molar-refractivity contribution is -0.122. The van der Waals surface area contributed by atoms with Crippen molar-refractivity contribution in [3.8, 4) is 11.5 Å². The summed E-state index contributed by atoms with van der Waals surface area (Å²) in [5.74, 6) is 0.515. The molecule has 0 aliphatic heterocycles. The van der Waals surface area contributed by atoms with Crippen molar-refractivity contribution in [1.82, 2.24) is 20.7 Å². The fraction of sp³-hybridized carbons (Fsp3) is 0.182. The predicted octanol–water partition coefficient (Wildman–Crippen LogP) is 1.92. The number of hydrazone groups is 1. The summed E-state index contributed by atoms with van der Waals surface area (Å²) < 4.78 is 10.2. The first kappa shape index (κ1) is 21.6. The number of imidazole rings is 1. The standard InChI is InChI=1S/C22H23N5O4/c1-30-18-7-3-15(4-8-18)12-25-27-22(29)20(11-17-13-23-14-24-17)26-21(28)16-5-9-19(31-2)10-6-16/h3-10,12-14,20H,11H2,1-2H3,(H,23,24)(H,26,28)(H,27,29)/b25-12+/t20-/m0/s1. The number of carbonyl (C=O) groups is 2. The predicted molar refractivity (Wildman–Crippen MR) is 115 cm³/mol. The van der Waals surface area contributed by atoms with E-state index in [9.17, 15) is 9.59 Å². The summed E-state index contributed by atoms with van der Waals surface area (Å²) in [4.78, 5) is 32.2. The number of carbonyl (C=O) groups excluding carboxylic acids is 2. The Bertz CT molecular complexity index is 1020. The maximum absolute atomic E-state index is 12.7. The number of nitrogens with zero attached hydrogens (tertiary/aromatic N) is 2. The Balaban J connectivity index is 1.67. The molecule has 3 N–H and O–H groups in total. The average molecular weight is 421 g/mol. The normalized spacial score (nSPS) is 11.7. The quantitative estimate of drug-likeness (QED) is 0.360. The molecule has 2 amide bonds. The van der Waals surface area contributed by atoms with Crippen LogP contribution in [0.15, 0.2) is 66.2 Å². The summed E-state index contributed by atoms with van der Waals surface area (Å²) in [5, 5.41) is 6.73. The van der Waals surface area contributed by atoms with Gasteiger partial charge in [-0.05, 0) is 54.1 Å². The molecule has 0 spiro atoms. The zero-order chi connectivity index (χ0) is 22.1. The second-order valence-electron chi connectivity index (χ2n) is 6.54. The number of benzene rings is 2. The Morgan fingerprint density at radius 3 is 2.29 bits per heavy atom. The second-order valence-corrected chi connectivity index (χ2v) is 6.54. The van der Waals surface area contributed by atoms with Gasteiger partial charge in [0.15, 0.2) is 0 Å². The van der Waals surface area contributed by atoms with Gasteiger partial charge in [-0.2, -0.15) is 5.10 Å². The number of amides is 2. The van der Waals surface area contributed by atoms with Crippen LogP contribution >= 0.6 is 0 Å². The van der Waals surface area contributed by atoms with Gasteiger partial charge < -0.3 is 19.8 Å². The lowest BCUT2D eigenvalue weighted by Crippen LogP contribution is -2.46. The van der Waals surface area contributed by atoms with E-state index in [1.165, 1.54) is 12.5 Å². The minimum atomic E-state index is -0.858. The molecular formula is C22H23N5O4. The third-order valence-electron chi connectivity index (χ3n) is 4.46. The fourth-order valence-corrected chi connectivity index (χ4v) is 2.75. The molecule has 1 aromatic heterocycles. The van der Waals surface area contributed by atoms with Crippen molar-refractivity contribution in [2.45, 2.75) is 12.5 Å². The number of rotatable bonds is 9. The lowest BCUT2D eigenvalue weighted by Gasteiger charge is -2.16. The Labute approximate surface area is 179 Å². The molecule has 0 saturated heterocycles. The van der Waals surface area contributed by atoms with E-state index in [2.05, 4.69) is 25.8 Å². The first-order chi connectivity index (χ1) is 15.1. The summed E-state index contributed by atoms with van der Waals surface area (Å²) in [6.07, 6.45) is 4.85. The molecule has 9 nitrogen and oxygen atoms in total. The molecule has 31 heavy (non-hydrogen) atoms. The monoisotopic (exact) mass is 421 g/mol. The van der Waals surface area contributed by atoms with Crippen LogP contribution in [0.3, 0.4) is 0 Å². The third-order valence-corrected chi connectivity index (χ3v) is 4.46. The highest BCUT2D eigenvalue weighted by atomic mass is 16.5. The van der Waals surface area contributed by atoms with E-state index in [1.54, 1.807) is 56.8 Å². The van der Waals surface area contributed by atoms with Gasteiger partial charge in [-0.3, -0.25) is 9.59 Å². The van der Waals surface area contributed by atoms with Crippen LogP contribution < -0.4 is 20.2 Å². The number of hydrogen-bond donors (Lipinski definition) is 3. The maximum Gasteiger partial charge on any atom is 0.263 e. The van der Waals surface area contributed by atoms with E-state index < -0.39 is 11.9 Å². The van der Waals surface area contributed by atoms with Crippen LogP contribution in [0.2, 0.25) is 0 Å². The molecular weight excluding hydrogens is 398 g/mol. The van der Waals surface area contributed by atoms with Crippen LogP contribution in [-0.4, -0.2) is 48.3 Å². The molecule has 9 heteroatoms. The number of methoxy groups -OCH3 is 2. The van der Waals surface area contributed by atoms with Crippen LogP contribution in [-0.2, 0) is 11.2 Å². The van der Waals surface area contributed by atoms with E-state index in [-0.39, 0.29) is 12.3 Å². The van der Waals surface area contributed by atoms with Gasteiger partial charge in [0, 0.05) is 23.9 Å². The van der Waals surface area contributed by atoms with Crippen LogP contribution in [0.25, 0.3) is 0 Å². The van der Waals surface area contributed by atoms with Crippen LogP contribution in [0.5, 0.6) is 11.5 Å². The van der Waals surface area contributed by atoms with Crippen molar-refractivity contribution in [3.63, 3.8) is 0 Å². The summed E-state index contributed by atoms with van der Waals surface area (Å²) in [5.41, 5.74) is 4.37. The van der Waals surface area contributed by atoms with Gasteiger partial charge in [-0.15, -0.1) is 0 Å². The Kier molecular flexibility index (Phi) is 7.36. The van der Waals surface area contributed by atoms with Crippen LogP contribution in [0.4, 0.5) is 0 Å². The molecule has 0 aliphatic carbocycles. The number of aromatic amines is 1. The molecule has 0 saturated carbocycles. The van der Waals surface area contributed by atoms with E-state index in [0.717, 1.165) is 11.3 Å². The van der Waals surface area contributed by atoms with Crippen molar-refractivity contribution < 1.29 is 19.1 Å². The number of aromatic nitrogens is 2. The van der Waals surface area contributed by atoms with E-state index in [4.69, 9.17) is 9.47 Å². The van der Waals surface area contributed by atoms with Gasteiger partial charge >= 0.3 is 0 Å². The highest BCUT2D eigenvalue weighted by Crippen LogP contribution is 2.12. The molecule has 0 aliphatic rings. The Morgan fingerprint density at radius 2 is 1.71 bits per heavy atom. The minimum absolute atomic E-state index is 0.228. The second kappa shape index (κ2) is 10.6. The number of nitrogens with one attached hydrogen (secondary N) is 3. The maximum atomic E-state index is 12.7. The molecule has 0 bridgehead atoms. The van der Waals surface area contributed by atoms with Crippen molar-refractivity contribution in [2.24, 2.45) is 5.10 Å². The number of ether oxygens (including phenoxy) is 2. The fourth-order valence-electron chi connectivity index (χ4n) is 2.75. The van der Waals surface area contributed by atoms with Gasteiger partial charge in [0.2, 0.25) is 0 Å². The summed E-state index contributed by atoms with van der Waals surface area (Å²) in [6.45, 7) is 0. The highest BCUT2D eigenvalue weighted by Gasteiger charge is 2.22. The van der Waals surface area contributed by atoms with E-state index in [0.29, 0.717) is 17.0 Å². The van der Waals surface area contributed by atoms with Crippen molar-refractivity contribution in [1.29, 1.82) is 0 Å². The Hall–Kier alpha value is -4.14. The zero-order valence-electron chi connectivity index (χ0n) is 17.2. The van der Waals surface area contributed by atoms with Gasteiger partial charge in [0.25, 0.3) is 11.8 Å². The first-order valence-electron chi connectivity index (χ1n) is 9.48. The molecule has 3 aromatic rings. The van der Waals surface area contributed by atoms with Gasteiger partial charge in [0.1, 0.15) is 17.5 Å².